The standard InChI is InChI=1S/C16H23N5O2S/c1-11(15-19-12(2)10-24-15)6-17-16(22)20-13-7-18-21(8-13)9-14-4-3-5-23-14/h7-8,10-11,14H,3-6,9H2,1-2H3,(H2,17,20,22)/t11-,14+/m0/s1. The van der Waals surface area contributed by atoms with E-state index in [1.54, 1.807) is 17.5 Å². The fraction of sp³-hybridized carbons (Fsp3) is 0.562. The average molecular weight is 349 g/mol. The summed E-state index contributed by atoms with van der Waals surface area (Å²) < 4.78 is 7.40. The van der Waals surface area contributed by atoms with Gasteiger partial charge in [-0.15, -0.1) is 11.3 Å². The van der Waals surface area contributed by atoms with E-state index >= 15 is 0 Å². The molecule has 24 heavy (non-hydrogen) atoms. The zero-order valence-electron chi connectivity index (χ0n) is 14.0. The summed E-state index contributed by atoms with van der Waals surface area (Å²) in [5.41, 5.74) is 1.70. The Hall–Kier alpha value is -1.93. The van der Waals surface area contributed by atoms with Crippen molar-refractivity contribution in [2.24, 2.45) is 0 Å². The van der Waals surface area contributed by atoms with Crippen molar-refractivity contribution in [1.29, 1.82) is 0 Å². The van der Waals surface area contributed by atoms with Gasteiger partial charge in [-0.25, -0.2) is 9.78 Å². The summed E-state index contributed by atoms with van der Waals surface area (Å²) in [5, 5.41) is 13.0. The van der Waals surface area contributed by atoms with Gasteiger partial charge in [0.15, 0.2) is 0 Å². The van der Waals surface area contributed by atoms with Crippen molar-refractivity contribution < 1.29 is 9.53 Å². The molecule has 2 N–H and O–H groups in total. The molecular formula is C16H23N5O2S. The van der Waals surface area contributed by atoms with Crippen LogP contribution in [0.1, 0.15) is 36.4 Å². The number of anilines is 1. The van der Waals surface area contributed by atoms with Gasteiger partial charge in [0.25, 0.3) is 0 Å². The summed E-state index contributed by atoms with van der Waals surface area (Å²) in [6.07, 6.45) is 5.89. The van der Waals surface area contributed by atoms with Crippen LogP contribution in [0.2, 0.25) is 0 Å². The molecule has 2 aromatic heterocycles. The number of hydrogen-bond acceptors (Lipinski definition) is 5. The van der Waals surface area contributed by atoms with Gasteiger partial charge in [-0.05, 0) is 19.8 Å². The van der Waals surface area contributed by atoms with E-state index in [9.17, 15) is 4.79 Å². The number of ether oxygens (including phenoxy) is 1. The molecule has 0 aliphatic carbocycles. The van der Waals surface area contributed by atoms with E-state index < -0.39 is 0 Å². The summed E-state index contributed by atoms with van der Waals surface area (Å²) >= 11 is 1.62. The smallest absolute Gasteiger partial charge is 0.319 e. The van der Waals surface area contributed by atoms with Gasteiger partial charge in [-0.3, -0.25) is 4.68 Å². The molecule has 1 fully saturated rings. The number of urea groups is 1. The van der Waals surface area contributed by atoms with Gasteiger partial charge in [-0.1, -0.05) is 6.92 Å². The van der Waals surface area contributed by atoms with Crippen molar-refractivity contribution in [2.75, 3.05) is 18.5 Å². The molecule has 3 rings (SSSR count). The molecule has 2 aromatic rings. The van der Waals surface area contributed by atoms with Crippen LogP contribution >= 0.6 is 11.3 Å². The molecule has 2 atom stereocenters. The third-order valence-electron chi connectivity index (χ3n) is 3.93. The number of hydrogen-bond donors (Lipinski definition) is 2. The average Bonchev–Trinajstić information content (AvgIpc) is 3.28. The third kappa shape index (κ3) is 4.55. The Morgan fingerprint density at radius 1 is 1.58 bits per heavy atom. The van der Waals surface area contributed by atoms with Gasteiger partial charge in [0.05, 0.1) is 29.5 Å². The van der Waals surface area contributed by atoms with Crippen LogP contribution in [0.5, 0.6) is 0 Å². The van der Waals surface area contributed by atoms with E-state index in [0.717, 1.165) is 36.7 Å². The summed E-state index contributed by atoms with van der Waals surface area (Å²) in [6.45, 7) is 6.13. The molecule has 0 unspecified atom stereocenters. The fourth-order valence-corrected chi connectivity index (χ4v) is 3.49. The minimum Gasteiger partial charge on any atom is -0.376 e. The Kier molecular flexibility index (Phi) is 5.47. The second-order valence-electron chi connectivity index (χ2n) is 6.15. The minimum atomic E-state index is -0.230. The van der Waals surface area contributed by atoms with E-state index in [0.29, 0.717) is 12.2 Å². The first-order chi connectivity index (χ1) is 11.6. The first-order valence-corrected chi connectivity index (χ1v) is 9.09. The Bertz CT molecular complexity index is 678. The van der Waals surface area contributed by atoms with E-state index in [1.165, 1.54) is 0 Å². The molecule has 8 heteroatoms. The van der Waals surface area contributed by atoms with Crippen molar-refractivity contribution in [3.8, 4) is 0 Å². The lowest BCUT2D eigenvalue weighted by atomic mass is 10.2. The number of aromatic nitrogens is 3. The maximum Gasteiger partial charge on any atom is 0.319 e. The highest BCUT2D eigenvalue weighted by Crippen LogP contribution is 2.19. The highest BCUT2D eigenvalue weighted by molar-refractivity contribution is 7.09. The van der Waals surface area contributed by atoms with Gasteiger partial charge < -0.3 is 15.4 Å². The van der Waals surface area contributed by atoms with Crippen LogP contribution in [0.3, 0.4) is 0 Å². The molecular weight excluding hydrogens is 326 g/mol. The Morgan fingerprint density at radius 3 is 3.17 bits per heavy atom. The topological polar surface area (TPSA) is 81.1 Å². The van der Waals surface area contributed by atoms with Gasteiger partial charge >= 0.3 is 6.03 Å². The van der Waals surface area contributed by atoms with Crippen molar-refractivity contribution in [3.63, 3.8) is 0 Å². The number of carbonyl (C=O) groups is 1. The maximum atomic E-state index is 12.0. The molecule has 130 valence electrons. The third-order valence-corrected chi connectivity index (χ3v) is 5.13. The molecule has 7 nitrogen and oxygen atoms in total. The van der Waals surface area contributed by atoms with Crippen LogP contribution in [0.15, 0.2) is 17.8 Å². The predicted octanol–water partition coefficient (Wildman–Crippen LogP) is 2.75. The van der Waals surface area contributed by atoms with E-state index in [2.05, 4.69) is 27.6 Å². The molecule has 2 amide bonds. The number of nitrogens with one attached hydrogen (secondary N) is 2. The van der Waals surface area contributed by atoms with Gasteiger partial charge in [-0.2, -0.15) is 5.10 Å². The Labute approximate surface area is 145 Å². The maximum absolute atomic E-state index is 12.0. The van der Waals surface area contributed by atoms with Crippen LogP contribution in [0, 0.1) is 6.92 Å². The number of thiazole rings is 1. The number of amides is 2. The van der Waals surface area contributed by atoms with Crippen molar-refractivity contribution in [1.82, 2.24) is 20.1 Å². The van der Waals surface area contributed by atoms with Crippen molar-refractivity contribution in [3.05, 3.63) is 28.5 Å². The highest BCUT2D eigenvalue weighted by atomic mass is 32.1. The molecule has 0 spiro atoms. The van der Waals surface area contributed by atoms with Gasteiger partial charge in [0.2, 0.25) is 0 Å². The highest BCUT2D eigenvalue weighted by Gasteiger charge is 2.17. The SMILES string of the molecule is Cc1csc([C@@H](C)CNC(=O)Nc2cnn(C[C@H]3CCCO3)c2)n1. The molecule has 1 saturated heterocycles. The van der Waals surface area contributed by atoms with Crippen LogP contribution in [-0.4, -0.2) is 40.1 Å². The normalized spacial score (nSPS) is 18.5. The van der Waals surface area contributed by atoms with Crippen LogP contribution in [0.25, 0.3) is 0 Å². The van der Waals surface area contributed by atoms with Crippen LogP contribution in [-0.2, 0) is 11.3 Å². The largest absolute Gasteiger partial charge is 0.376 e. The monoisotopic (exact) mass is 349 g/mol. The molecule has 1 aliphatic heterocycles. The van der Waals surface area contributed by atoms with Gasteiger partial charge in [0.1, 0.15) is 0 Å². The van der Waals surface area contributed by atoms with Crippen LogP contribution in [0.4, 0.5) is 10.5 Å². The fourth-order valence-electron chi connectivity index (χ4n) is 2.63. The number of carbonyl (C=O) groups excluding carboxylic acids is 1. The second kappa shape index (κ2) is 7.76. The van der Waals surface area contributed by atoms with Crippen molar-refractivity contribution >= 4 is 23.1 Å². The summed E-state index contributed by atoms with van der Waals surface area (Å²) in [4.78, 5) is 16.5. The molecule has 0 radical (unpaired) electrons. The van der Waals surface area contributed by atoms with E-state index in [1.807, 2.05) is 23.2 Å². The summed E-state index contributed by atoms with van der Waals surface area (Å²) in [6, 6.07) is -0.230. The Balaban J connectivity index is 1.43. The number of rotatable bonds is 6. The summed E-state index contributed by atoms with van der Waals surface area (Å²) in [7, 11) is 0. The zero-order valence-corrected chi connectivity index (χ0v) is 14.8. The molecule has 0 bridgehead atoms. The quantitative estimate of drug-likeness (QED) is 0.840. The first-order valence-electron chi connectivity index (χ1n) is 8.21. The lowest BCUT2D eigenvalue weighted by Gasteiger charge is -2.10. The van der Waals surface area contributed by atoms with Crippen LogP contribution < -0.4 is 10.6 Å². The lowest BCUT2D eigenvalue weighted by Crippen LogP contribution is -2.31. The Morgan fingerprint density at radius 2 is 2.46 bits per heavy atom. The van der Waals surface area contributed by atoms with Gasteiger partial charge in [0, 0.05) is 36.3 Å². The molecule has 0 saturated carbocycles. The second-order valence-corrected chi connectivity index (χ2v) is 7.04. The van der Waals surface area contributed by atoms with E-state index in [-0.39, 0.29) is 18.1 Å². The van der Waals surface area contributed by atoms with Crippen molar-refractivity contribution in [2.45, 2.75) is 45.3 Å². The van der Waals surface area contributed by atoms with E-state index in [4.69, 9.17) is 4.74 Å². The lowest BCUT2D eigenvalue weighted by molar-refractivity contribution is 0.0940. The summed E-state index contributed by atoms with van der Waals surface area (Å²) in [5.74, 6) is 0.191. The first kappa shape index (κ1) is 16.9. The molecule has 1 aliphatic rings. The zero-order chi connectivity index (χ0) is 16.9. The number of nitrogens with zero attached hydrogens (tertiary/aromatic N) is 3. The molecule has 3 heterocycles. The predicted molar refractivity (Wildman–Crippen MR) is 93.5 cm³/mol. The minimum absolute atomic E-state index is 0.191. The number of aryl methyl sites for hydroxylation is 1. The molecule has 0 aromatic carbocycles.